The minimum atomic E-state index is -0.116. The van der Waals surface area contributed by atoms with Crippen molar-refractivity contribution in [3.8, 4) is 11.5 Å². The smallest absolute Gasteiger partial charge is 0.251 e. The number of benzene rings is 2. The minimum absolute atomic E-state index is 0. The number of nitrogens with two attached hydrogens (primary N) is 1. The van der Waals surface area contributed by atoms with Gasteiger partial charge in [-0.15, -0.1) is 12.4 Å². The second kappa shape index (κ2) is 7.99. The zero-order valence-corrected chi connectivity index (χ0v) is 13.6. The lowest BCUT2D eigenvalue weighted by molar-refractivity contribution is 0.0950. The molecule has 4 nitrogen and oxygen atoms in total. The molecule has 0 aliphatic heterocycles. The van der Waals surface area contributed by atoms with Gasteiger partial charge in [-0.25, -0.2) is 0 Å². The van der Waals surface area contributed by atoms with Gasteiger partial charge >= 0.3 is 0 Å². The number of ether oxygens (including phenoxy) is 1. The molecule has 3 N–H and O–H groups in total. The minimum Gasteiger partial charge on any atom is -0.457 e. The van der Waals surface area contributed by atoms with E-state index < -0.39 is 0 Å². The van der Waals surface area contributed by atoms with E-state index in [0.717, 1.165) is 5.75 Å². The second-order valence-electron chi connectivity index (χ2n) is 5.65. The molecule has 0 saturated heterocycles. The number of nitrogens with one attached hydrogen (secondary N) is 1. The zero-order chi connectivity index (χ0) is 15.4. The van der Waals surface area contributed by atoms with Gasteiger partial charge in [0.05, 0.1) is 0 Å². The highest BCUT2D eigenvalue weighted by atomic mass is 35.5. The largest absolute Gasteiger partial charge is 0.457 e. The van der Waals surface area contributed by atoms with E-state index in [1.807, 2.05) is 42.5 Å². The summed E-state index contributed by atoms with van der Waals surface area (Å²) in [4.78, 5) is 12.2. The van der Waals surface area contributed by atoms with Crippen molar-refractivity contribution in [1.29, 1.82) is 0 Å². The first kappa shape index (κ1) is 17.3. The summed E-state index contributed by atoms with van der Waals surface area (Å²) < 4.78 is 5.74. The van der Waals surface area contributed by atoms with Crippen LogP contribution < -0.4 is 15.8 Å². The molecule has 1 fully saturated rings. The molecule has 1 amide bonds. The van der Waals surface area contributed by atoms with Crippen molar-refractivity contribution in [1.82, 2.24) is 5.32 Å². The maximum absolute atomic E-state index is 12.2. The molecule has 0 aromatic heterocycles. The van der Waals surface area contributed by atoms with Gasteiger partial charge < -0.3 is 15.8 Å². The van der Waals surface area contributed by atoms with Gasteiger partial charge in [0.2, 0.25) is 0 Å². The standard InChI is InChI=1S/C18H20N2O2.ClH/c19-17(13-9-10-13)12-20-18(21)14-5-4-8-16(11-14)22-15-6-2-1-3-7-15;/h1-8,11,13,17H,9-10,12,19H2,(H,20,21);1H. The molecular weight excluding hydrogens is 312 g/mol. The van der Waals surface area contributed by atoms with Crippen LogP contribution in [0.2, 0.25) is 0 Å². The van der Waals surface area contributed by atoms with E-state index in [9.17, 15) is 4.79 Å². The molecule has 0 heterocycles. The molecule has 2 aromatic carbocycles. The molecule has 1 unspecified atom stereocenters. The number of halogens is 1. The molecule has 0 spiro atoms. The van der Waals surface area contributed by atoms with E-state index in [-0.39, 0.29) is 24.4 Å². The third-order valence-electron chi connectivity index (χ3n) is 3.80. The molecule has 0 radical (unpaired) electrons. The summed E-state index contributed by atoms with van der Waals surface area (Å²) in [7, 11) is 0. The summed E-state index contributed by atoms with van der Waals surface area (Å²) in [6.45, 7) is 0.521. The van der Waals surface area contributed by atoms with Crippen LogP contribution in [0, 0.1) is 5.92 Å². The fourth-order valence-corrected chi connectivity index (χ4v) is 2.33. The number of amides is 1. The van der Waals surface area contributed by atoms with Crippen molar-refractivity contribution in [3.05, 3.63) is 60.2 Å². The van der Waals surface area contributed by atoms with Crippen LogP contribution in [0.1, 0.15) is 23.2 Å². The molecule has 1 atom stereocenters. The van der Waals surface area contributed by atoms with Gasteiger partial charge in [0.15, 0.2) is 0 Å². The Morgan fingerprint density at radius 3 is 2.52 bits per heavy atom. The van der Waals surface area contributed by atoms with Crippen LogP contribution in [0.4, 0.5) is 0 Å². The third kappa shape index (κ3) is 4.98. The van der Waals surface area contributed by atoms with Crippen molar-refractivity contribution < 1.29 is 9.53 Å². The Bertz CT molecular complexity index is 644. The molecule has 122 valence electrons. The lowest BCUT2D eigenvalue weighted by Gasteiger charge is -2.12. The Morgan fingerprint density at radius 1 is 1.13 bits per heavy atom. The van der Waals surface area contributed by atoms with Crippen molar-refractivity contribution in [2.45, 2.75) is 18.9 Å². The second-order valence-corrected chi connectivity index (χ2v) is 5.65. The fraction of sp³-hybridized carbons (Fsp3) is 0.278. The monoisotopic (exact) mass is 332 g/mol. The number of carbonyl (C=O) groups excluding carboxylic acids is 1. The number of rotatable bonds is 6. The van der Waals surface area contributed by atoms with E-state index >= 15 is 0 Å². The molecule has 5 heteroatoms. The predicted molar refractivity (Wildman–Crippen MR) is 93.2 cm³/mol. The quantitative estimate of drug-likeness (QED) is 0.852. The summed E-state index contributed by atoms with van der Waals surface area (Å²) in [5.74, 6) is 1.85. The number of hydrogen-bond donors (Lipinski definition) is 2. The van der Waals surface area contributed by atoms with Crippen LogP contribution >= 0.6 is 12.4 Å². The summed E-state index contributed by atoms with van der Waals surface area (Å²) in [5.41, 5.74) is 6.58. The van der Waals surface area contributed by atoms with Crippen molar-refractivity contribution in [3.63, 3.8) is 0 Å². The van der Waals surface area contributed by atoms with Crippen molar-refractivity contribution >= 4 is 18.3 Å². The van der Waals surface area contributed by atoms with Crippen molar-refractivity contribution in [2.24, 2.45) is 11.7 Å². The first-order valence-corrected chi connectivity index (χ1v) is 7.59. The maximum atomic E-state index is 12.2. The Balaban J connectivity index is 0.00000192. The molecule has 0 bridgehead atoms. The zero-order valence-electron chi connectivity index (χ0n) is 12.8. The maximum Gasteiger partial charge on any atom is 0.251 e. The van der Waals surface area contributed by atoms with E-state index in [0.29, 0.717) is 23.8 Å². The molecule has 1 saturated carbocycles. The van der Waals surface area contributed by atoms with Crippen molar-refractivity contribution in [2.75, 3.05) is 6.54 Å². The van der Waals surface area contributed by atoms with E-state index in [4.69, 9.17) is 10.5 Å². The summed E-state index contributed by atoms with van der Waals surface area (Å²) in [5, 5.41) is 2.89. The highest BCUT2D eigenvalue weighted by Gasteiger charge is 2.28. The Hall–Kier alpha value is -2.04. The molecule has 2 aromatic rings. The van der Waals surface area contributed by atoms with Crippen LogP contribution in [-0.2, 0) is 0 Å². The fourth-order valence-electron chi connectivity index (χ4n) is 2.33. The van der Waals surface area contributed by atoms with Gasteiger partial charge in [-0.2, -0.15) is 0 Å². The Labute approximate surface area is 142 Å². The number of hydrogen-bond acceptors (Lipinski definition) is 3. The van der Waals surface area contributed by atoms with Crippen LogP contribution in [0.15, 0.2) is 54.6 Å². The van der Waals surface area contributed by atoms with Gasteiger partial charge in [-0.1, -0.05) is 24.3 Å². The lowest BCUT2D eigenvalue weighted by atomic mass is 10.1. The highest BCUT2D eigenvalue weighted by Crippen LogP contribution is 2.31. The Morgan fingerprint density at radius 2 is 1.83 bits per heavy atom. The predicted octanol–water partition coefficient (Wildman–Crippen LogP) is 3.37. The van der Waals surface area contributed by atoms with E-state index in [1.54, 1.807) is 12.1 Å². The summed E-state index contributed by atoms with van der Waals surface area (Å²) >= 11 is 0. The van der Waals surface area contributed by atoms with Gasteiger partial charge in [0.25, 0.3) is 5.91 Å². The van der Waals surface area contributed by atoms with E-state index in [2.05, 4.69) is 5.32 Å². The van der Waals surface area contributed by atoms with E-state index in [1.165, 1.54) is 12.8 Å². The SMILES string of the molecule is Cl.NC(CNC(=O)c1cccc(Oc2ccccc2)c1)C1CC1. The van der Waals surface area contributed by atoms with Crippen LogP contribution in [-0.4, -0.2) is 18.5 Å². The van der Waals surface area contributed by atoms with Gasteiger partial charge in [0, 0.05) is 18.2 Å². The lowest BCUT2D eigenvalue weighted by Crippen LogP contribution is -2.38. The average molecular weight is 333 g/mol. The van der Waals surface area contributed by atoms with Crippen LogP contribution in [0.3, 0.4) is 0 Å². The number of carbonyl (C=O) groups is 1. The number of para-hydroxylation sites is 1. The van der Waals surface area contributed by atoms with Crippen LogP contribution in [0.5, 0.6) is 11.5 Å². The topological polar surface area (TPSA) is 64.3 Å². The van der Waals surface area contributed by atoms with Crippen LogP contribution in [0.25, 0.3) is 0 Å². The normalized spacial score (nSPS) is 14.5. The first-order valence-electron chi connectivity index (χ1n) is 7.59. The molecule has 1 aliphatic carbocycles. The van der Waals surface area contributed by atoms with Gasteiger partial charge in [0.1, 0.15) is 11.5 Å². The van der Waals surface area contributed by atoms with Gasteiger partial charge in [-0.05, 0) is 49.1 Å². The molecule has 1 aliphatic rings. The summed E-state index contributed by atoms with van der Waals surface area (Å²) in [6, 6.07) is 16.7. The first-order chi connectivity index (χ1) is 10.7. The molecule has 3 rings (SSSR count). The Kier molecular flexibility index (Phi) is 6.02. The van der Waals surface area contributed by atoms with Gasteiger partial charge in [-0.3, -0.25) is 4.79 Å². The molecule has 23 heavy (non-hydrogen) atoms. The highest BCUT2D eigenvalue weighted by molar-refractivity contribution is 5.94. The summed E-state index contributed by atoms with van der Waals surface area (Å²) in [6.07, 6.45) is 2.36. The third-order valence-corrected chi connectivity index (χ3v) is 3.80. The molecular formula is C18H21ClN2O2. The average Bonchev–Trinajstić information content (AvgIpc) is 3.38.